The van der Waals surface area contributed by atoms with E-state index >= 15 is 0 Å². The maximum Gasteiger partial charge on any atom is 0.273 e. The summed E-state index contributed by atoms with van der Waals surface area (Å²) in [6.45, 7) is 4.27. The topological polar surface area (TPSA) is 64.4 Å². The van der Waals surface area contributed by atoms with Crippen LogP contribution in [0.1, 0.15) is 12.5 Å². The van der Waals surface area contributed by atoms with Gasteiger partial charge in [-0.3, -0.25) is 10.1 Å². The monoisotopic (exact) mass is 302 g/mol. The predicted molar refractivity (Wildman–Crippen MR) is 70.5 cm³/mol. The molecule has 1 aromatic rings. The summed E-state index contributed by atoms with van der Waals surface area (Å²) < 4.78 is 5.70. The molecule has 94 valence electrons. The highest BCUT2D eigenvalue weighted by Crippen LogP contribution is 2.30. The number of hydrogen-bond donors (Lipinski definition) is 1. The lowest BCUT2D eigenvalue weighted by atomic mass is 10.1. The molecule has 0 heterocycles. The van der Waals surface area contributed by atoms with Crippen LogP contribution in [0.2, 0.25) is 0 Å². The maximum atomic E-state index is 10.8. The van der Waals surface area contributed by atoms with Crippen LogP contribution in [0, 0.1) is 17.0 Å². The Morgan fingerprint density at radius 2 is 2.24 bits per heavy atom. The standard InChI is InChI=1S/C11H15BrN2O3/c1-7-4-10(13-8(2)6-17-3)9(12)5-11(7)14(15)16/h4-5,8,13H,6H2,1-3H3. The molecule has 1 unspecified atom stereocenters. The summed E-state index contributed by atoms with van der Waals surface area (Å²) in [5.41, 5.74) is 1.57. The van der Waals surface area contributed by atoms with Gasteiger partial charge in [-0.1, -0.05) is 0 Å². The second kappa shape index (κ2) is 5.97. The first kappa shape index (κ1) is 13.9. The number of rotatable bonds is 5. The van der Waals surface area contributed by atoms with Crippen LogP contribution in [0.4, 0.5) is 11.4 Å². The summed E-state index contributed by atoms with van der Waals surface area (Å²) in [5, 5.41) is 14.0. The number of aryl methyl sites for hydroxylation is 1. The van der Waals surface area contributed by atoms with Crippen LogP contribution in [0.5, 0.6) is 0 Å². The Morgan fingerprint density at radius 1 is 1.59 bits per heavy atom. The van der Waals surface area contributed by atoms with Gasteiger partial charge in [-0.25, -0.2) is 0 Å². The van der Waals surface area contributed by atoms with Crippen LogP contribution in [0.15, 0.2) is 16.6 Å². The Bertz CT molecular complexity index is 423. The molecule has 0 fully saturated rings. The van der Waals surface area contributed by atoms with E-state index in [1.165, 1.54) is 6.07 Å². The van der Waals surface area contributed by atoms with Gasteiger partial charge in [-0.05, 0) is 35.8 Å². The van der Waals surface area contributed by atoms with E-state index in [1.807, 2.05) is 6.92 Å². The van der Waals surface area contributed by atoms with Crippen molar-refractivity contribution in [1.29, 1.82) is 0 Å². The van der Waals surface area contributed by atoms with Gasteiger partial charge in [-0.15, -0.1) is 0 Å². The van der Waals surface area contributed by atoms with Crippen molar-refractivity contribution in [3.8, 4) is 0 Å². The van der Waals surface area contributed by atoms with Crippen molar-refractivity contribution in [3.05, 3.63) is 32.3 Å². The summed E-state index contributed by atoms with van der Waals surface area (Å²) in [5.74, 6) is 0. The number of nitro benzene ring substituents is 1. The van der Waals surface area contributed by atoms with E-state index in [0.717, 1.165) is 5.69 Å². The normalized spacial score (nSPS) is 12.2. The van der Waals surface area contributed by atoms with Crippen molar-refractivity contribution in [2.45, 2.75) is 19.9 Å². The largest absolute Gasteiger partial charge is 0.383 e. The Labute approximate surface area is 108 Å². The van der Waals surface area contributed by atoms with Crippen LogP contribution in [-0.4, -0.2) is 24.7 Å². The molecule has 1 N–H and O–H groups in total. The third-order valence-electron chi connectivity index (χ3n) is 2.30. The average molecular weight is 303 g/mol. The van der Waals surface area contributed by atoms with Gasteiger partial charge in [0, 0.05) is 34.9 Å². The van der Waals surface area contributed by atoms with Gasteiger partial charge in [0.25, 0.3) is 5.69 Å². The molecule has 0 saturated carbocycles. The minimum absolute atomic E-state index is 0.113. The van der Waals surface area contributed by atoms with Gasteiger partial charge in [-0.2, -0.15) is 0 Å². The second-order valence-electron chi connectivity index (χ2n) is 3.88. The van der Waals surface area contributed by atoms with Crippen molar-refractivity contribution in [2.75, 3.05) is 19.0 Å². The first-order chi connectivity index (χ1) is 7.95. The number of anilines is 1. The molecule has 0 radical (unpaired) electrons. The molecule has 17 heavy (non-hydrogen) atoms. The van der Waals surface area contributed by atoms with Crippen LogP contribution in [0.3, 0.4) is 0 Å². The summed E-state index contributed by atoms with van der Waals surface area (Å²) in [4.78, 5) is 10.4. The fourth-order valence-corrected chi connectivity index (χ4v) is 1.98. The van der Waals surface area contributed by atoms with E-state index in [-0.39, 0.29) is 16.7 Å². The van der Waals surface area contributed by atoms with Gasteiger partial charge in [0.05, 0.1) is 11.5 Å². The van der Waals surface area contributed by atoms with Gasteiger partial charge < -0.3 is 10.1 Å². The SMILES string of the molecule is COCC(C)Nc1cc(C)c([N+](=O)[O-])cc1Br. The number of hydrogen-bond acceptors (Lipinski definition) is 4. The average Bonchev–Trinajstić information content (AvgIpc) is 2.22. The zero-order chi connectivity index (χ0) is 13.0. The van der Waals surface area contributed by atoms with Crippen LogP contribution in [0.25, 0.3) is 0 Å². The number of halogens is 1. The third kappa shape index (κ3) is 3.67. The molecule has 6 heteroatoms. The lowest BCUT2D eigenvalue weighted by Crippen LogP contribution is -2.21. The molecule has 0 aliphatic carbocycles. The van der Waals surface area contributed by atoms with Gasteiger partial charge in [0.15, 0.2) is 0 Å². The Morgan fingerprint density at radius 3 is 2.76 bits per heavy atom. The fraction of sp³-hybridized carbons (Fsp3) is 0.455. The maximum absolute atomic E-state index is 10.8. The van der Waals surface area contributed by atoms with Crippen LogP contribution in [-0.2, 0) is 4.74 Å². The molecule has 0 saturated heterocycles. The lowest BCUT2D eigenvalue weighted by Gasteiger charge is -2.16. The highest BCUT2D eigenvalue weighted by molar-refractivity contribution is 9.10. The number of nitrogens with one attached hydrogen (secondary N) is 1. The van der Waals surface area contributed by atoms with E-state index in [9.17, 15) is 10.1 Å². The van der Waals surface area contributed by atoms with E-state index < -0.39 is 0 Å². The Balaban J connectivity index is 2.95. The molecule has 0 aromatic heterocycles. The van der Waals surface area contributed by atoms with Gasteiger partial charge >= 0.3 is 0 Å². The summed E-state index contributed by atoms with van der Waals surface area (Å²) in [6, 6.07) is 3.41. The third-order valence-corrected chi connectivity index (χ3v) is 2.96. The number of nitro groups is 1. The molecule has 5 nitrogen and oxygen atoms in total. The lowest BCUT2D eigenvalue weighted by molar-refractivity contribution is -0.385. The molecule has 0 amide bonds. The first-order valence-corrected chi connectivity index (χ1v) is 5.95. The fourth-order valence-electron chi connectivity index (χ4n) is 1.54. The minimum Gasteiger partial charge on any atom is -0.383 e. The number of methoxy groups -OCH3 is 1. The Kier molecular flexibility index (Phi) is 4.89. The van der Waals surface area contributed by atoms with Crippen molar-refractivity contribution in [1.82, 2.24) is 0 Å². The highest BCUT2D eigenvalue weighted by Gasteiger charge is 2.14. The van der Waals surface area contributed by atoms with Crippen molar-refractivity contribution in [2.24, 2.45) is 0 Å². The van der Waals surface area contributed by atoms with E-state index in [1.54, 1.807) is 20.1 Å². The molecule has 1 atom stereocenters. The summed E-state index contributed by atoms with van der Waals surface area (Å²) in [6.07, 6.45) is 0. The molecule has 0 aliphatic rings. The van der Waals surface area contributed by atoms with Gasteiger partial charge in [0.2, 0.25) is 0 Å². The van der Waals surface area contributed by atoms with E-state index in [2.05, 4.69) is 21.2 Å². The first-order valence-electron chi connectivity index (χ1n) is 5.15. The van der Waals surface area contributed by atoms with Crippen LogP contribution >= 0.6 is 15.9 Å². The zero-order valence-electron chi connectivity index (χ0n) is 9.99. The molecule has 1 rings (SSSR count). The van der Waals surface area contributed by atoms with Crippen molar-refractivity contribution < 1.29 is 9.66 Å². The molecule has 0 spiro atoms. The molecule has 0 aliphatic heterocycles. The van der Waals surface area contributed by atoms with E-state index in [4.69, 9.17) is 4.74 Å². The molecular weight excluding hydrogens is 288 g/mol. The molecule has 0 bridgehead atoms. The number of ether oxygens (including phenoxy) is 1. The van der Waals surface area contributed by atoms with Crippen molar-refractivity contribution >= 4 is 27.3 Å². The zero-order valence-corrected chi connectivity index (χ0v) is 11.6. The minimum atomic E-state index is -0.386. The summed E-state index contributed by atoms with van der Waals surface area (Å²) in [7, 11) is 1.63. The van der Waals surface area contributed by atoms with Crippen molar-refractivity contribution in [3.63, 3.8) is 0 Å². The summed E-state index contributed by atoms with van der Waals surface area (Å²) >= 11 is 3.32. The van der Waals surface area contributed by atoms with E-state index in [0.29, 0.717) is 16.6 Å². The van der Waals surface area contributed by atoms with Gasteiger partial charge in [0.1, 0.15) is 0 Å². The highest BCUT2D eigenvalue weighted by atomic mass is 79.9. The number of nitrogens with zero attached hydrogens (tertiary/aromatic N) is 1. The molecule has 1 aromatic carbocycles. The van der Waals surface area contributed by atoms with Crippen LogP contribution < -0.4 is 5.32 Å². The predicted octanol–water partition coefficient (Wildman–Crippen LogP) is 3.11. The number of benzene rings is 1. The smallest absolute Gasteiger partial charge is 0.273 e. The Hall–Kier alpha value is -1.14. The quantitative estimate of drug-likeness (QED) is 0.670. The second-order valence-corrected chi connectivity index (χ2v) is 4.73. The molecular formula is C11H15BrN2O3.